The van der Waals surface area contributed by atoms with Gasteiger partial charge in [-0.15, -0.1) is 0 Å². The van der Waals surface area contributed by atoms with Crippen molar-refractivity contribution in [1.29, 1.82) is 0 Å². The lowest BCUT2D eigenvalue weighted by Gasteiger charge is -2.03. The van der Waals surface area contributed by atoms with Gasteiger partial charge in [-0.1, -0.05) is 179 Å². The molecule has 0 heterocycles. The second kappa shape index (κ2) is 14.8. The zero-order valence-corrected chi connectivity index (χ0v) is 25.9. The molecule has 0 nitrogen and oxygen atoms in total. The van der Waals surface area contributed by atoms with Crippen molar-refractivity contribution in [2.45, 2.75) is 41.5 Å². The van der Waals surface area contributed by atoms with Crippen LogP contribution in [0.15, 0.2) is 146 Å². The van der Waals surface area contributed by atoms with Crippen molar-refractivity contribution in [2.24, 2.45) is 0 Å². The van der Waals surface area contributed by atoms with Gasteiger partial charge in [0, 0.05) is 0 Å². The van der Waals surface area contributed by atoms with Crippen LogP contribution in [0.1, 0.15) is 33.4 Å². The van der Waals surface area contributed by atoms with E-state index in [0.29, 0.717) is 0 Å². The first-order chi connectivity index (χ1) is 20.3. The van der Waals surface area contributed by atoms with Gasteiger partial charge in [0.2, 0.25) is 0 Å². The van der Waals surface area contributed by atoms with Gasteiger partial charge in [-0.05, 0) is 74.9 Å². The van der Waals surface area contributed by atoms with E-state index in [1.807, 2.05) is 0 Å². The zero-order valence-electron chi connectivity index (χ0n) is 25.9. The van der Waals surface area contributed by atoms with Gasteiger partial charge in [0.25, 0.3) is 0 Å². The van der Waals surface area contributed by atoms with Crippen molar-refractivity contribution in [2.75, 3.05) is 0 Å². The van der Waals surface area contributed by atoms with Crippen molar-refractivity contribution >= 4 is 0 Å². The molecule has 210 valence electrons. The summed E-state index contributed by atoms with van der Waals surface area (Å²) >= 11 is 0. The molecule has 0 unspecified atom stereocenters. The molecule has 0 spiro atoms. The summed E-state index contributed by atoms with van der Waals surface area (Å²) in [4.78, 5) is 0. The highest BCUT2D eigenvalue weighted by Crippen LogP contribution is 2.22. The van der Waals surface area contributed by atoms with Crippen LogP contribution in [0.5, 0.6) is 0 Å². The molecule has 6 rings (SSSR count). The van der Waals surface area contributed by atoms with Crippen molar-refractivity contribution in [3.05, 3.63) is 179 Å². The average molecular weight is 547 g/mol. The summed E-state index contributed by atoms with van der Waals surface area (Å²) in [6.07, 6.45) is 0. The summed E-state index contributed by atoms with van der Waals surface area (Å²) in [6, 6.07) is 51.7. The molecule has 0 aliphatic carbocycles. The molecule has 0 N–H and O–H groups in total. The van der Waals surface area contributed by atoms with Gasteiger partial charge in [0.05, 0.1) is 0 Å². The van der Waals surface area contributed by atoms with Crippen LogP contribution >= 0.6 is 0 Å². The third kappa shape index (κ3) is 9.18. The lowest BCUT2D eigenvalue weighted by atomic mass is 10.0. The summed E-state index contributed by atoms with van der Waals surface area (Å²) in [5, 5.41) is 0. The first kappa shape index (κ1) is 30.3. The normalized spacial score (nSPS) is 10.1. The van der Waals surface area contributed by atoms with Crippen LogP contribution in [-0.4, -0.2) is 0 Å². The van der Waals surface area contributed by atoms with Gasteiger partial charge >= 0.3 is 0 Å². The van der Waals surface area contributed by atoms with Crippen LogP contribution < -0.4 is 0 Å². The third-order valence-electron chi connectivity index (χ3n) is 7.18. The maximum absolute atomic E-state index is 2.22. The van der Waals surface area contributed by atoms with E-state index in [0.717, 1.165) is 0 Å². The molecule has 0 aliphatic rings. The summed E-state index contributed by atoms with van der Waals surface area (Å²) in [5.41, 5.74) is 15.6. The highest BCUT2D eigenvalue weighted by atomic mass is 14.0. The molecule has 42 heavy (non-hydrogen) atoms. The molecule has 0 amide bonds. The minimum Gasteiger partial charge on any atom is -0.0614 e. The Kier molecular flexibility index (Phi) is 10.7. The van der Waals surface area contributed by atoms with Gasteiger partial charge in [0.1, 0.15) is 0 Å². The predicted octanol–water partition coefficient (Wildman–Crippen LogP) is 11.9. The van der Waals surface area contributed by atoms with Crippen LogP contribution in [0.3, 0.4) is 0 Å². The number of aryl methyl sites for hydroxylation is 6. The van der Waals surface area contributed by atoms with E-state index in [1.54, 1.807) is 0 Å². The topological polar surface area (TPSA) is 0 Å². The smallest absolute Gasteiger partial charge is 0.0181 e. The molecular weight excluding hydrogens is 504 g/mol. The van der Waals surface area contributed by atoms with E-state index < -0.39 is 0 Å². The van der Waals surface area contributed by atoms with Gasteiger partial charge < -0.3 is 0 Å². The average Bonchev–Trinajstić information content (AvgIpc) is 2.99. The molecule has 6 aromatic rings. The van der Waals surface area contributed by atoms with Crippen LogP contribution in [-0.2, 0) is 0 Å². The quantitative estimate of drug-likeness (QED) is 0.207. The van der Waals surface area contributed by atoms with E-state index in [4.69, 9.17) is 0 Å². The van der Waals surface area contributed by atoms with Crippen LogP contribution in [0, 0.1) is 41.5 Å². The van der Waals surface area contributed by atoms with Gasteiger partial charge in [0.15, 0.2) is 0 Å². The van der Waals surface area contributed by atoms with Crippen molar-refractivity contribution in [3.8, 4) is 33.4 Å². The van der Waals surface area contributed by atoms with E-state index in [9.17, 15) is 0 Å². The maximum Gasteiger partial charge on any atom is -0.0181 e. The second-order valence-corrected chi connectivity index (χ2v) is 11.2. The first-order valence-electron chi connectivity index (χ1n) is 14.7. The van der Waals surface area contributed by atoms with Crippen LogP contribution in [0.4, 0.5) is 0 Å². The monoisotopic (exact) mass is 546 g/mol. The second-order valence-electron chi connectivity index (χ2n) is 11.2. The summed E-state index contributed by atoms with van der Waals surface area (Å²) in [7, 11) is 0. The molecule has 0 fully saturated rings. The molecule has 0 atom stereocenters. The van der Waals surface area contributed by atoms with Gasteiger partial charge in [-0.3, -0.25) is 0 Å². The highest BCUT2D eigenvalue weighted by Gasteiger charge is 1.98. The van der Waals surface area contributed by atoms with Gasteiger partial charge in [-0.2, -0.15) is 0 Å². The summed E-state index contributed by atoms with van der Waals surface area (Å²) in [5.74, 6) is 0. The SMILES string of the molecule is Cc1ccc(-c2ccc(C)cc2)cc1.Cc1cccc(-c2cccc(C)c2)c1.Cc1cccc(-c2cccc(C)c2)c1. The van der Waals surface area contributed by atoms with E-state index in [2.05, 4.69) is 187 Å². The molecule has 0 bridgehead atoms. The number of hydrogen-bond donors (Lipinski definition) is 0. The summed E-state index contributed by atoms with van der Waals surface area (Å²) in [6.45, 7) is 12.7. The van der Waals surface area contributed by atoms with Crippen molar-refractivity contribution < 1.29 is 0 Å². The minimum atomic E-state index is 1.29. The van der Waals surface area contributed by atoms with Crippen molar-refractivity contribution in [1.82, 2.24) is 0 Å². The van der Waals surface area contributed by atoms with Crippen LogP contribution in [0.25, 0.3) is 33.4 Å². The standard InChI is InChI=1S/3C14H14/c1-11-3-7-13(8-4-11)14-9-5-12(2)6-10-14;2*1-11-5-3-7-13(9-11)14-8-4-6-12(2)10-14/h3*3-10H,1-2H3. The molecule has 0 heteroatoms. The predicted molar refractivity (Wildman–Crippen MR) is 184 cm³/mol. The Labute approximate surface area is 253 Å². The Bertz CT molecular complexity index is 1490. The van der Waals surface area contributed by atoms with E-state index in [-0.39, 0.29) is 0 Å². The molecule has 0 aliphatic heterocycles. The fourth-order valence-corrected chi connectivity index (χ4v) is 4.79. The Morgan fingerprint density at radius 1 is 0.214 bits per heavy atom. The zero-order chi connectivity index (χ0) is 29.9. The molecular formula is C42H42. The fraction of sp³-hybridized carbons (Fsp3) is 0.143. The van der Waals surface area contributed by atoms with Gasteiger partial charge in [-0.25, -0.2) is 0 Å². The molecule has 0 saturated heterocycles. The Morgan fingerprint density at radius 2 is 0.452 bits per heavy atom. The maximum atomic E-state index is 2.22. The number of benzene rings is 6. The van der Waals surface area contributed by atoms with E-state index >= 15 is 0 Å². The lowest BCUT2D eigenvalue weighted by molar-refractivity contribution is 1.44. The Balaban J connectivity index is 0.000000145. The highest BCUT2D eigenvalue weighted by molar-refractivity contribution is 5.66. The molecule has 0 saturated carbocycles. The lowest BCUT2D eigenvalue weighted by Crippen LogP contribution is -1.80. The fourth-order valence-electron chi connectivity index (χ4n) is 4.79. The Morgan fingerprint density at radius 3 is 0.667 bits per heavy atom. The molecule has 0 radical (unpaired) electrons. The van der Waals surface area contributed by atoms with Crippen LogP contribution in [0.2, 0.25) is 0 Å². The number of hydrogen-bond acceptors (Lipinski definition) is 0. The third-order valence-corrected chi connectivity index (χ3v) is 7.18. The number of rotatable bonds is 3. The largest absolute Gasteiger partial charge is 0.0614 e. The molecule has 0 aromatic heterocycles. The minimum absolute atomic E-state index is 1.29. The first-order valence-corrected chi connectivity index (χ1v) is 14.7. The summed E-state index contributed by atoms with van der Waals surface area (Å²) < 4.78 is 0. The van der Waals surface area contributed by atoms with E-state index in [1.165, 1.54) is 66.8 Å². The Hall–Kier alpha value is -4.68. The molecule has 6 aromatic carbocycles. The van der Waals surface area contributed by atoms with Crippen molar-refractivity contribution in [3.63, 3.8) is 0 Å².